The SMILES string of the molecule is CCc1ccc(N2C[C@H](C(=O)OCC(=O)Nc3ccc(Br)c(Cl)c3C)CC2=O)cc1. The Balaban J connectivity index is 1.54. The molecule has 0 aliphatic carbocycles. The Bertz CT molecular complexity index is 978. The van der Waals surface area contributed by atoms with E-state index in [0.717, 1.165) is 16.6 Å². The van der Waals surface area contributed by atoms with Crippen LogP contribution in [0.4, 0.5) is 11.4 Å². The van der Waals surface area contributed by atoms with Gasteiger partial charge in [0, 0.05) is 28.8 Å². The molecular weight excluding hydrogens is 472 g/mol. The maximum Gasteiger partial charge on any atom is 0.311 e. The lowest BCUT2D eigenvalue weighted by molar-refractivity contribution is -0.151. The summed E-state index contributed by atoms with van der Waals surface area (Å²) >= 11 is 9.48. The number of aryl methyl sites for hydroxylation is 1. The van der Waals surface area contributed by atoms with E-state index >= 15 is 0 Å². The molecule has 0 radical (unpaired) electrons. The number of nitrogens with zero attached hydrogens (tertiary/aromatic N) is 1. The molecule has 2 aromatic rings. The van der Waals surface area contributed by atoms with Gasteiger partial charge in [-0.2, -0.15) is 0 Å². The van der Waals surface area contributed by atoms with Gasteiger partial charge < -0.3 is 15.0 Å². The summed E-state index contributed by atoms with van der Waals surface area (Å²) in [4.78, 5) is 38.5. The standard InChI is InChI=1S/C22H22BrClN2O4/c1-3-14-4-6-16(7-5-14)26-11-15(10-20(26)28)22(29)30-12-19(27)25-18-9-8-17(23)21(24)13(18)2/h4-9,15H,3,10-12H2,1-2H3,(H,25,27)/t15-/m1/s1. The number of benzene rings is 2. The van der Waals surface area contributed by atoms with Gasteiger partial charge in [0.05, 0.1) is 10.9 Å². The number of carbonyl (C=O) groups excluding carboxylic acids is 3. The van der Waals surface area contributed by atoms with Crippen molar-refractivity contribution in [1.82, 2.24) is 0 Å². The Morgan fingerprint density at radius 2 is 1.93 bits per heavy atom. The van der Waals surface area contributed by atoms with Crippen molar-refractivity contribution in [3.8, 4) is 0 Å². The molecule has 2 amide bonds. The number of carbonyl (C=O) groups is 3. The highest BCUT2D eigenvalue weighted by molar-refractivity contribution is 9.10. The van der Waals surface area contributed by atoms with E-state index in [1.165, 1.54) is 5.56 Å². The number of nitrogens with one attached hydrogen (secondary N) is 1. The molecule has 0 saturated carbocycles. The second-order valence-electron chi connectivity index (χ2n) is 7.12. The molecule has 3 rings (SSSR count). The smallest absolute Gasteiger partial charge is 0.311 e. The van der Waals surface area contributed by atoms with E-state index in [2.05, 4.69) is 28.2 Å². The summed E-state index contributed by atoms with van der Waals surface area (Å²) in [5, 5.41) is 3.18. The first kappa shape index (κ1) is 22.3. The summed E-state index contributed by atoms with van der Waals surface area (Å²) in [5.74, 6) is -1.76. The normalized spacial score (nSPS) is 15.9. The zero-order valence-electron chi connectivity index (χ0n) is 16.7. The van der Waals surface area contributed by atoms with Gasteiger partial charge in [0.25, 0.3) is 5.91 Å². The van der Waals surface area contributed by atoms with E-state index in [4.69, 9.17) is 16.3 Å². The Morgan fingerprint density at radius 3 is 2.60 bits per heavy atom. The van der Waals surface area contributed by atoms with Gasteiger partial charge in [0.15, 0.2) is 6.61 Å². The highest BCUT2D eigenvalue weighted by Crippen LogP contribution is 2.31. The highest BCUT2D eigenvalue weighted by atomic mass is 79.9. The van der Waals surface area contributed by atoms with Crippen LogP contribution in [0.2, 0.25) is 5.02 Å². The molecule has 1 aliphatic heterocycles. The zero-order valence-corrected chi connectivity index (χ0v) is 19.0. The Kier molecular flexibility index (Phi) is 7.15. The second-order valence-corrected chi connectivity index (χ2v) is 8.35. The molecule has 1 fully saturated rings. The molecule has 8 heteroatoms. The molecule has 1 atom stereocenters. The lowest BCUT2D eigenvalue weighted by atomic mass is 10.1. The summed E-state index contributed by atoms with van der Waals surface area (Å²) in [7, 11) is 0. The fourth-order valence-electron chi connectivity index (χ4n) is 3.25. The van der Waals surface area contributed by atoms with Gasteiger partial charge in [-0.05, 0) is 64.7 Å². The Morgan fingerprint density at radius 1 is 1.23 bits per heavy atom. The van der Waals surface area contributed by atoms with Gasteiger partial charge in [0.2, 0.25) is 5.91 Å². The van der Waals surface area contributed by atoms with Crippen LogP contribution in [0.1, 0.15) is 24.5 Å². The van der Waals surface area contributed by atoms with Crippen LogP contribution in [0, 0.1) is 12.8 Å². The Hall–Kier alpha value is -2.38. The number of esters is 1. The quantitative estimate of drug-likeness (QED) is 0.601. The van der Waals surface area contributed by atoms with Crippen LogP contribution in [0.25, 0.3) is 0 Å². The number of halogens is 2. The molecule has 1 heterocycles. The fourth-order valence-corrected chi connectivity index (χ4v) is 3.85. The van der Waals surface area contributed by atoms with Gasteiger partial charge in [-0.3, -0.25) is 14.4 Å². The average Bonchev–Trinajstić information content (AvgIpc) is 3.14. The third-order valence-corrected chi connectivity index (χ3v) is 6.45. The van der Waals surface area contributed by atoms with Crippen LogP contribution in [-0.4, -0.2) is 30.9 Å². The maximum absolute atomic E-state index is 12.4. The van der Waals surface area contributed by atoms with Crippen LogP contribution >= 0.6 is 27.5 Å². The number of rotatable bonds is 6. The van der Waals surface area contributed by atoms with Gasteiger partial charge in [0.1, 0.15) is 0 Å². The van der Waals surface area contributed by atoms with Crippen molar-refractivity contribution < 1.29 is 19.1 Å². The van der Waals surface area contributed by atoms with Crippen LogP contribution in [0.15, 0.2) is 40.9 Å². The summed E-state index contributed by atoms with van der Waals surface area (Å²) in [6.45, 7) is 3.65. The monoisotopic (exact) mass is 492 g/mol. The number of hydrogen-bond acceptors (Lipinski definition) is 4. The predicted molar refractivity (Wildman–Crippen MR) is 120 cm³/mol. The van der Waals surface area contributed by atoms with Crippen molar-refractivity contribution in [3.05, 3.63) is 57.0 Å². The average molecular weight is 494 g/mol. The number of anilines is 2. The van der Waals surface area contributed by atoms with Crippen LogP contribution < -0.4 is 10.2 Å². The largest absolute Gasteiger partial charge is 0.455 e. The van der Waals surface area contributed by atoms with E-state index in [-0.39, 0.29) is 18.9 Å². The summed E-state index contributed by atoms with van der Waals surface area (Å²) in [5.41, 5.74) is 3.18. The van der Waals surface area contributed by atoms with Gasteiger partial charge in [-0.25, -0.2) is 0 Å². The van der Waals surface area contributed by atoms with Crippen molar-refractivity contribution in [3.63, 3.8) is 0 Å². The molecule has 158 valence electrons. The van der Waals surface area contributed by atoms with Gasteiger partial charge in [-0.15, -0.1) is 0 Å². The van der Waals surface area contributed by atoms with Crippen molar-refractivity contribution in [2.24, 2.45) is 5.92 Å². The highest BCUT2D eigenvalue weighted by Gasteiger charge is 2.36. The zero-order chi connectivity index (χ0) is 21.8. The molecule has 0 bridgehead atoms. The van der Waals surface area contributed by atoms with E-state index in [9.17, 15) is 14.4 Å². The fraction of sp³-hybridized carbons (Fsp3) is 0.318. The number of ether oxygens (including phenoxy) is 1. The molecule has 1 N–H and O–H groups in total. The Labute approximate surface area is 188 Å². The minimum atomic E-state index is -0.597. The molecule has 30 heavy (non-hydrogen) atoms. The molecule has 0 aromatic heterocycles. The minimum Gasteiger partial charge on any atom is -0.455 e. The maximum atomic E-state index is 12.4. The van der Waals surface area contributed by atoms with Crippen molar-refractivity contribution in [2.75, 3.05) is 23.4 Å². The third kappa shape index (κ3) is 5.02. The third-order valence-electron chi connectivity index (χ3n) is 5.07. The van der Waals surface area contributed by atoms with Crippen molar-refractivity contribution in [2.45, 2.75) is 26.7 Å². The van der Waals surface area contributed by atoms with Crippen LogP contribution in [-0.2, 0) is 25.5 Å². The topological polar surface area (TPSA) is 75.7 Å². The first-order valence-electron chi connectivity index (χ1n) is 9.60. The van der Waals surface area contributed by atoms with Crippen molar-refractivity contribution in [1.29, 1.82) is 0 Å². The van der Waals surface area contributed by atoms with E-state index in [1.807, 2.05) is 24.3 Å². The molecule has 1 saturated heterocycles. The molecular formula is C22H22BrClN2O4. The van der Waals surface area contributed by atoms with Crippen LogP contribution in [0.5, 0.6) is 0 Å². The van der Waals surface area contributed by atoms with Crippen molar-refractivity contribution >= 4 is 56.7 Å². The second kappa shape index (κ2) is 9.62. The first-order valence-corrected chi connectivity index (χ1v) is 10.8. The molecule has 0 unspecified atom stereocenters. The van der Waals surface area contributed by atoms with Crippen LogP contribution in [0.3, 0.4) is 0 Å². The van der Waals surface area contributed by atoms with Gasteiger partial charge >= 0.3 is 5.97 Å². The summed E-state index contributed by atoms with van der Waals surface area (Å²) < 4.78 is 5.88. The molecule has 2 aromatic carbocycles. The van der Waals surface area contributed by atoms with E-state index < -0.39 is 24.4 Å². The number of hydrogen-bond donors (Lipinski definition) is 1. The first-order chi connectivity index (χ1) is 14.3. The minimum absolute atomic E-state index is 0.0669. The van der Waals surface area contributed by atoms with E-state index in [1.54, 1.807) is 24.0 Å². The molecule has 6 nitrogen and oxygen atoms in total. The predicted octanol–water partition coefficient (Wildman–Crippen LogP) is 4.51. The molecule has 1 aliphatic rings. The molecule has 0 spiro atoms. The summed E-state index contributed by atoms with van der Waals surface area (Å²) in [6, 6.07) is 11.1. The summed E-state index contributed by atoms with van der Waals surface area (Å²) in [6.07, 6.45) is 0.981. The lowest BCUT2D eigenvalue weighted by Crippen LogP contribution is -2.28. The lowest BCUT2D eigenvalue weighted by Gasteiger charge is -2.17. The van der Waals surface area contributed by atoms with E-state index in [0.29, 0.717) is 16.3 Å². The number of amides is 2. The van der Waals surface area contributed by atoms with Gasteiger partial charge in [-0.1, -0.05) is 30.7 Å².